The van der Waals surface area contributed by atoms with Gasteiger partial charge < -0.3 is 8.97 Å². The van der Waals surface area contributed by atoms with E-state index in [2.05, 4.69) is 181 Å². The van der Waals surface area contributed by atoms with E-state index in [0.29, 0.717) is 0 Å². The summed E-state index contributed by atoms with van der Waals surface area (Å²) in [5.41, 5.74) is 15.3. The summed E-state index contributed by atoms with van der Waals surface area (Å²) >= 11 is 0. The van der Waals surface area contributed by atoms with Gasteiger partial charge in [-0.05, 0) is 81.2 Å². The molecule has 3 heterocycles. The molecule has 0 aliphatic heterocycles. The third kappa shape index (κ3) is 3.50. The second kappa shape index (κ2) is 9.49. The number of aromatic nitrogens is 2. The van der Waals surface area contributed by atoms with E-state index in [1.807, 2.05) is 0 Å². The zero-order valence-corrected chi connectivity index (χ0v) is 27.4. The maximum absolute atomic E-state index is 2.51. The average Bonchev–Trinajstić information content (AvgIpc) is 3.78. The Morgan fingerprint density at radius 3 is 1.96 bits per heavy atom. The van der Waals surface area contributed by atoms with Crippen molar-refractivity contribution >= 4 is 59.9 Å². The van der Waals surface area contributed by atoms with E-state index in [0.717, 1.165) is 0 Å². The third-order valence-corrected chi connectivity index (χ3v) is 11.3. The van der Waals surface area contributed by atoms with Gasteiger partial charge in [0.15, 0.2) is 0 Å². The molecule has 0 atom stereocenters. The van der Waals surface area contributed by atoms with E-state index in [1.165, 1.54) is 99.0 Å². The van der Waals surface area contributed by atoms with Crippen LogP contribution in [0.4, 0.5) is 0 Å². The highest BCUT2D eigenvalue weighted by molar-refractivity contribution is 6.24. The van der Waals surface area contributed by atoms with Gasteiger partial charge in [0.25, 0.3) is 0 Å². The van der Waals surface area contributed by atoms with E-state index in [1.54, 1.807) is 0 Å². The van der Waals surface area contributed by atoms with Gasteiger partial charge in [0.2, 0.25) is 0 Å². The number of hydrogen-bond acceptors (Lipinski definition) is 0. The fourth-order valence-electron chi connectivity index (χ4n) is 9.04. The molecule has 0 unspecified atom stereocenters. The molecule has 0 saturated heterocycles. The Morgan fingerprint density at radius 1 is 0.429 bits per heavy atom. The highest BCUT2D eigenvalue weighted by Gasteiger charge is 2.35. The van der Waals surface area contributed by atoms with Crippen LogP contribution in [0.1, 0.15) is 25.0 Å². The summed E-state index contributed by atoms with van der Waals surface area (Å²) in [4.78, 5) is 0. The Hall–Kier alpha value is -6.12. The molecule has 0 spiro atoms. The van der Waals surface area contributed by atoms with E-state index < -0.39 is 0 Å². The quantitative estimate of drug-likeness (QED) is 0.169. The minimum atomic E-state index is 0.00120. The van der Waals surface area contributed by atoms with Crippen molar-refractivity contribution in [1.29, 1.82) is 0 Å². The molecule has 1 aliphatic carbocycles. The summed E-state index contributed by atoms with van der Waals surface area (Å²) in [6, 6.07) is 58.6. The normalized spacial score (nSPS) is 13.7. The van der Waals surface area contributed by atoms with Crippen molar-refractivity contribution in [2.45, 2.75) is 19.3 Å². The first kappa shape index (κ1) is 26.9. The Morgan fingerprint density at radius 2 is 1.10 bits per heavy atom. The van der Waals surface area contributed by atoms with Crippen molar-refractivity contribution in [1.82, 2.24) is 8.97 Å². The molecule has 11 rings (SSSR count). The molecule has 0 amide bonds. The topological polar surface area (TPSA) is 9.34 Å². The fourth-order valence-corrected chi connectivity index (χ4v) is 9.04. The number of rotatable bonds is 2. The Labute approximate surface area is 284 Å². The van der Waals surface area contributed by atoms with Crippen molar-refractivity contribution in [2.75, 3.05) is 0 Å². The zero-order chi connectivity index (χ0) is 32.4. The maximum atomic E-state index is 2.51. The molecular formula is C47H32N2. The Kier molecular flexibility index (Phi) is 5.21. The minimum Gasteiger partial charge on any atom is -0.309 e. The summed E-state index contributed by atoms with van der Waals surface area (Å²) < 4.78 is 4.97. The van der Waals surface area contributed by atoms with Crippen LogP contribution in [0.5, 0.6) is 0 Å². The van der Waals surface area contributed by atoms with Gasteiger partial charge in [0, 0.05) is 38.0 Å². The lowest BCUT2D eigenvalue weighted by molar-refractivity contribution is 0.660. The van der Waals surface area contributed by atoms with Crippen molar-refractivity contribution in [3.63, 3.8) is 0 Å². The van der Waals surface area contributed by atoms with E-state index in [9.17, 15) is 0 Å². The maximum Gasteiger partial charge on any atom is 0.0635 e. The van der Waals surface area contributed by atoms with Gasteiger partial charge in [-0.1, -0.05) is 129 Å². The van der Waals surface area contributed by atoms with Crippen LogP contribution in [0, 0.1) is 0 Å². The second-order valence-corrected chi connectivity index (χ2v) is 14.2. The highest BCUT2D eigenvalue weighted by atomic mass is 15.0. The average molecular weight is 625 g/mol. The summed E-state index contributed by atoms with van der Waals surface area (Å²) in [6.07, 6.45) is 0. The lowest BCUT2D eigenvalue weighted by atomic mass is 9.82. The van der Waals surface area contributed by atoms with Crippen molar-refractivity contribution in [2.24, 2.45) is 0 Å². The first-order valence-corrected chi connectivity index (χ1v) is 17.2. The molecule has 0 fully saturated rings. The van der Waals surface area contributed by atoms with Crippen LogP contribution < -0.4 is 0 Å². The van der Waals surface area contributed by atoms with Crippen LogP contribution in [-0.4, -0.2) is 8.97 Å². The molecule has 10 aromatic rings. The van der Waals surface area contributed by atoms with Crippen LogP contribution >= 0.6 is 0 Å². The molecule has 2 nitrogen and oxygen atoms in total. The Balaban J connectivity index is 1.18. The largest absolute Gasteiger partial charge is 0.309 e. The third-order valence-electron chi connectivity index (χ3n) is 11.3. The number of pyridine rings is 1. The SMILES string of the molecule is CC1(C)c2ccccc2-c2cc(-c3cccc(-n4c5ccccc5c5c4ccc4cc6c7ccccc7c7ccccc7n6c45)c3)ccc21. The van der Waals surface area contributed by atoms with Gasteiger partial charge in [-0.3, -0.25) is 0 Å². The van der Waals surface area contributed by atoms with Gasteiger partial charge >= 0.3 is 0 Å². The number of benzene rings is 7. The molecule has 0 radical (unpaired) electrons. The van der Waals surface area contributed by atoms with Crippen LogP contribution in [0.25, 0.3) is 87.8 Å². The molecule has 3 aromatic heterocycles. The van der Waals surface area contributed by atoms with Gasteiger partial charge in [0.05, 0.1) is 27.6 Å². The van der Waals surface area contributed by atoms with Gasteiger partial charge in [0.1, 0.15) is 0 Å². The number of nitrogens with zero attached hydrogens (tertiary/aromatic N) is 2. The summed E-state index contributed by atoms with van der Waals surface area (Å²) in [5.74, 6) is 0. The highest BCUT2D eigenvalue weighted by Crippen LogP contribution is 2.49. The number of fused-ring (bicyclic) bond motifs is 15. The lowest BCUT2D eigenvalue weighted by Crippen LogP contribution is -2.14. The predicted molar refractivity (Wildman–Crippen MR) is 207 cm³/mol. The first-order valence-electron chi connectivity index (χ1n) is 17.2. The van der Waals surface area contributed by atoms with Gasteiger partial charge in [-0.25, -0.2) is 0 Å². The molecule has 0 saturated carbocycles. The van der Waals surface area contributed by atoms with Crippen LogP contribution in [-0.2, 0) is 5.41 Å². The monoisotopic (exact) mass is 624 g/mol. The van der Waals surface area contributed by atoms with Crippen molar-refractivity contribution < 1.29 is 0 Å². The van der Waals surface area contributed by atoms with Crippen LogP contribution in [0.2, 0.25) is 0 Å². The summed E-state index contributed by atoms with van der Waals surface area (Å²) in [5, 5.41) is 7.66. The molecule has 1 aliphatic rings. The van der Waals surface area contributed by atoms with Gasteiger partial charge in [-0.15, -0.1) is 0 Å². The molecule has 0 bridgehead atoms. The smallest absolute Gasteiger partial charge is 0.0635 e. The zero-order valence-electron chi connectivity index (χ0n) is 27.4. The van der Waals surface area contributed by atoms with E-state index in [-0.39, 0.29) is 5.41 Å². The summed E-state index contributed by atoms with van der Waals surface area (Å²) in [7, 11) is 0. The first-order chi connectivity index (χ1) is 24.1. The number of para-hydroxylation sites is 2. The minimum absolute atomic E-state index is 0.00120. The van der Waals surface area contributed by atoms with Gasteiger partial charge in [-0.2, -0.15) is 0 Å². The van der Waals surface area contributed by atoms with E-state index in [4.69, 9.17) is 0 Å². The molecular weight excluding hydrogens is 593 g/mol. The number of hydrogen-bond donors (Lipinski definition) is 0. The molecule has 2 heteroatoms. The standard InChI is InChI=1S/C47H32N2/c1-47(2)39-19-8-5-15-34(39)38-27-30(22-24-40(38)47)29-12-11-13-32(26-29)48-42-21-10-7-18-37(42)45-43(48)25-23-31-28-44-36-17-4-3-14-33(36)35-16-6-9-20-41(35)49(44)46(31)45/h3-28H,1-2H3. The molecule has 7 aromatic carbocycles. The lowest BCUT2D eigenvalue weighted by Gasteiger charge is -2.21. The van der Waals surface area contributed by atoms with Crippen molar-refractivity contribution in [3.8, 4) is 27.9 Å². The summed E-state index contributed by atoms with van der Waals surface area (Å²) in [6.45, 7) is 4.69. The Bertz CT molecular complexity index is 3020. The second-order valence-electron chi connectivity index (χ2n) is 14.2. The molecule has 0 N–H and O–H groups in total. The molecule has 49 heavy (non-hydrogen) atoms. The van der Waals surface area contributed by atoms with E-state index >= 15 is 0 Å². The van der Waals surface area contributed by atoms with Crippen molar-refractivity contribution in [3.05, 3.63) is 169 Å². The van der Waals surface area contributed by atoms with Crippen LogP contribution in [0.3, 0.4) is 0 Å². The predicted octanol–water partition coefficient (Wildman–Crippen LogP) is 12.5. The van der Waals surface area contributed by atoms with Crippen LogP contribution in [0.15, 0.2) is 158 Å². The fraction of sp³-hybridized carbons (Fsp3) is 0.0638. The molecule has 230 valence electrons.